The lowest BCUT2D eigenvalue weighted by atomic mass is 9.81. The third kappa shape index (κ3) is 7.11. The highest BCUT2D eigenvalue weighted by Crippen LogP contribution is 2.38. The first-order valence-corrected chi connectivity index (χ1v) is 11.5. The van der Waals surface area contributed by atoms with Gasteiger partial charge in [-0.15, -0.1) is 11.8 Å². The lowest BCUT2D eigenvalue weighted by molar-refractivity contribution is -0.144. The van der Waals surface area contributed by atoms with Crippen molar-refractivity contribution in [3.8, 4) is 0 Å². The molecule has 158 valence electrons. The van der Waals surface area contributed by atoms with Gasteiger partial charge in [0.15, 0.2) is 0 Å². The van der Waals surface area contributed by atoms with Crippen LogP contribution in [0.1, 0.15) is 91.2 Å². The molecule has 0 bridgehead atoms. The summed E-state index contributed by atoms with van der Waals surface area (Å²) < 4.78 is 5.84. The topological polar surface area (TPSA) is 46.5 Å². The fourth-order valence-corrected chi connectivity index (χ4v) is 5.02. The van der Waals surface area contributed by atoms with Crippen molar-refractivity contribution in [2.75, 3.05) is 6.61 Å². The summed E-state index contributed by atoms with van der Waals surface area (Å²) in [5.41, 5.74) is 2.90. The first-order chi connectivity index (χ1) is 13.0. The lowest BCUT2D eigenvalue weighted by Crippen LogP contribution is -2.30. The van der Waals surface area contributed by atoms with Crippen LogP contribution in [-0.2, 0) is 20.4 Å². The summed E-state index contributed by atoms with van der Waals surface area (Å²) in [6.45, 7) is 13.4. The molecule has 0 spiro atoms. The highest BCUT2D eigenvalue weighted by Gasteiger charge is 2.27. The van der Waals surface area contributed by atoms with Crippen LogP contribution >= 0.6 is 11.8 Å². The first-order valence-electron chi connectivity index (χ1n) is 10.6. The fraction of sp³-hybridized carbons (Fsp3) is 0.708. The molecule has 0 saturated heterocycles. The highest BCUT2D eigenvalue weighted by atomic mass is 32.2. The van der Waals surface area contributed by atoms with E-state index in [2.05, 4.69) is 59.7 Å². The van der Waals surface area contributed by atoms with Gasteiger partial charge in [0.25, 0.3) is 0 Å². The lowest BCUT2D eigenvalue weighted by Gasteiger charge is -2.30. The summed E-state index contributed by atoms with van der Waals surface area (Å²) >= 11 is 1.89. The van der Waals surface area contributed by atoms with Gasteiger partial charge in [-0.1, -0.05) is 73.3 Å². The molecule has 0 heterocycles. The molecule has 1 saturated carbocycles. The number of carboxylic acid groups (broad SMARTS) is 1. The molecular weight excluding hydrogens is 368 g/mol. The van der Waals surface area contributed by atoms with Gasteiger partial charge in [-0.2, -0.15) is 0 Å². The van der Waals surface area contributed by atoms with Gasteiger partial charge in [0, 0.05) is 10.1 Å². The zero-order valence-electron chi connectivity index (χ0n) is 18.5. The van der Waals surface area contributed by atoms with Gasteiger partial charge in [-0.25, -0.2) is 4.79 Å². The second-order valence-electron chi connectivity index (χ2n) is 10.1. The largest absolute Gasteiger partial charge is 0.480 e. The van der Waals surface area contributed by atoms with E-state index < -0.39 is 5.97 Å². The van der Waals surface area contributed by atoms with Crippen LogP contribution in [0.5, 0.6) is 0 Å². The molecule has 3 nitrogen and oxygen atoms in total. The zero-order chi connectivity index (χ0) is 20.9. The molecule has 1 aromatic rings. The van der Waals surface area contributed by atoms with Crippen LogP contribution in [0.4, 0.5) is 0 Å². The third-order valence-corrected chi connectivity index (χ3v) is 6.84. The van der Waals surface area contributed by atoms with Crippen LogP contribution in [0.15, 0.2) is 23.1 Å². The molecule has 28 heavy (non-hydrogen) atoms. The van der Waals surface area contributed by atoms with E-state index in [0.29, 0.717) is 5.25 Å². The van der Waals surface area contributed by atoms with E-state index in [-0.39, 0.29) is 23.5 Å². The first kappa shape index (κ1) is 23.3. The van der Waals surface area contributed by atoms with E-state index in [4.69, 9.17) is 9.84 Å². The number of carbonyl (C=O) groups is 1. The summed E-state index contributed by atoms with van der Waals surface area (Å²) in [7, 11) is 0. The third-order valence-electron chi connectivity index (χ3n) is 5.49. The maximum absolute atomic E-state index is 11.0. The number of carboxylic acids is 1. The van der Waals surface area contributed by atoms with Gasteiger partial charge >= 0.3 is 5.97 Å². The molecule has 1 fully saturated rings. The molecular formula is C24H38O3S. The average molecular weight is 407 g/mol. The number of thioether (sulfide) groups is 1. The van der Waals surface area contributed by atoms with Crippen molar-refractivity contribution in [2.24, 2.45) is 0 Å². The second-order valence-corrected chi connectivity index (χ2v) is 11.4. The summed E-state index contributed by atoms with van der Waals surface area (Å²) in [4.78, 5) is 12.3. The van der Waals surface area contributed by atoms with Crippen LogP contribution in [-0.4, -0.2) is 29.0 Å². The Morgan fingerprint density at radius 3 is 2.00 bits per heavy atom. The fourth-order valence-electron chi connectivity index (χ4n) is 3.63. The molecule has 1 aromatic carbocycles. The number of aliphatic carboxylic acids is 1. The normalized spacial score (nSPS) is 21.8. The Balaban J connectivity index is 2.31. The van der Waals surface area contributed by atoms with Crippen molar-refractivity contribution in [3.05, 3.63) is 29.3 Å². The molecule has 4 heteroatoms. The van der Waals surface area contributed by atoms with Gasteiger partial charge in [0.05, 0.1) is 6.10 Å². The minimum absolute atomic E-state index is 0.0118. The van der Waals surface area contributed by atoms with E-state index in [1.54, 1.807) is 0 Å². The number of hydrogen-bond acceptors (Lipinski definition) is 3. The van der Waals surface area contributed by atoms with Gasteiger partial charge in [0.2, 0.25) is 0 Å². The molecule has 2 atom stereocenters. The molecule has 0 aromatic heterocycles. The summed E-state index contributed by atoms with van der Waals surface area (Å²) in [5, 5.41) is 9.37. The summed E-state index contributed by atoms with van der Waals surface area (Å²) in [6, 6.07) is 7.00. The molecule has 0 radical (unpaired) electrons. The van der Waals surface area contributed by atoms with Crippen molar-refractivity contribution < 1.29 is 14.6 Å². The standard InChI is InChI=1S/C24H38O3S/c1-23(2,3)17-13-18(24(4,5)6)15-19(14-17)28-21-12-10-8-7-9-11-20(21)27-16-22(25)26/h13-15,20-21H,7-12,16H2,1-6H3,(H,25,26)/t20-,21+/m1/s1. The van der Waals surface area contributed by atoms with Crippen LogP contribution in [0.2, 0.25) is 0 Å². The predicted octanol–water partition coefficient (Wildman–Crippen LogP) is 6.57. The molecule has 2 rings (SSSR count). The molecule has 0 aliphatic heterocycles. The predicted molar refractivity (Wildman–Crippen MR) is 119 cm³/mol. The van der Waals surface area contributed by atoms with Crippen LogP contribution in [0.3, 0.4) is 0 Å². The molecule has 1 aliphatic carbocycles. The zero-order valence-corrected chi connectivity index (χ0v) is 19.3. The Hall–Kier alpha value is -1.00. The second kappa shape index (κ2) is 9.67. The Morgan fingerprint density at radius 2 is 1.50 bits per heavy atom. The number of benzene rings is 1. The average Bonchev–Trinajstić information content (AvgIpc) is 2.55. The number of hydrogen-bond donors (Lipinski definition) is 1. The quantitative estimate of drug-likeness (QED) is 0.601. The van der Waals surface area contributed by atoms with Crippen molar-refractivity contribution in [2.45, 2.75) is 107 Å². The highest BCUT2D eigenvalue weighted by molar-refractivity contribution is 8.00. The summed E-state index contributed by atoms with van der Waals surface area (Å²) in [6.07, 6.45) is 6.84. The minimum atomic E-state index is -0.879. The Morgan fingerprint density at radius 1 is 0.964 bits per heavy atom. The van der Waals surface area contributed by atoms with Gasteiger partial charge in [0.1, 0.15) is 6.61 Å². The van der Waals surface area contributed by atoms with E-state index >= 15 is 0 Å². The Bertz CT molecular complexity index is 623. The SMILES string of the molecule is CC(C)(C)c1cc(S[C@H]2CCCCCC[C@H]2OCC(=O)O)cc(C(C)(C)C)c1. The molecule has 1 aliphatic rings. The molecule has 0 unspecified atom stereocenters. The van der Waals surface area contributed by atoms with E-state index in [9.17, 15) is 4.79 Å². The maximum Gasteiger partial charge on any atom is 0.329 e. The van der Waals surface area contributed by atoms with Crippen molar-refractivity contribution in [1.29, 1.82) is 0 Å². The molecule has 1 N–H and O–H groups in total. The van der Waals surface area contributed by atoms with E-state index in [0.717, 1.165) is 19.3 Å². The van der Waals surface area contributed by atoms with Crippen LogP contribution in [0.25, 0.3) is 0 Å². The monoisotopic (exact) mass is 406 g/mol. The summed E-state index contributed by atoms with van der Waals surface area (Å²) in [5.74, 6) is -0.879. The van der Waals surface area contributed by atoms with Crippen molar-refractivity contribution in [3.63, 3.8) is 0 Å². The smallest absolute Gasteiger partial charge is 0.329 e. The Labute approximate surface area is 175 Å². The van der Waals surface area contributed by atoms with Crippen LogP contribution < -0.4 is 0 Å². The maximum atomic E-state index is 11.0. The van der Waals surface area contributed by atoms with Crippen LogP contribution in [0, 0.1) is 0 Å². The van der Waals surface area contributed by atoms with E-state index in [1.807, 2.05) is 11.8 Å². The Kier molecular flexibility index (Phi) is 8.04. The van der Waals surface area contributed by atoms with Crippen molar-refractivity contribution in [1.82, 2.24) is 0 Å². The van der Waals surface area contributed by atoms with Gasteiger partial charge < -0.3 is 9.84 Å². The van der Waals surface area contributed by atoms with Gasteiger partial charge in [-0.05, 0) is 46.9 Å². The minimum Gasteiger partial charge on any atom is -0.480 e. The number of rotatable bonds is 5. The number of ether oxygens (including phenoxy) is 1. The molecule has 0 amide bonds. The van der Waals surface area contributed by atoms with Gasteiger partial charge in [-0.3, -0.25) is 0 Å². The van der Waals surface area contributed by atoms with E-state index in [1.165, 1.54) is 35.3 Å². The van der Waals surface area contributed by atoms with Crippen molar-refractivity contribution >= 4 is 17.7 Å².